The molecular formula is C23H28N2O7S. The van der Waals surface area contributed by atoms with Gasteiger partial charge in [0.15, 0.2) is 11.5 Å². The number of non-ortho nitro benzene ring substituents is 1. The molecular weight excluding hydrogens is 448 g/mol. The van der Waals surface area contributed by atoms with Gasteiger partial charge >= 0.3 is 10.1 Å². The molecule has 0 bridgehead atoms. The fraction of sp³-hybridized carbons (Fsp3) is 0.348. The van der Waals surface area contributed by atoms with Crippen LogP contribution >= 0.6 is 0 Å². The standard InChI is InChI=1S/C23H28N2O7S/c1-5-17(3)24(23(26)14-10-18-7-11-20(12-8-18)25(27)28)16-19-9-13-21(31-4)22(15-19)32-33(29,30)6-2/h7-15,17H,5-6,16H2,1-4H3. The van der Waals surface area contributed by atoms with E-state index in [0.29, 0.717) is 17.5 Å². The summed E-state index contributed by atoms with van der Waals surface area (Å²) in [7, 11) is -2.33. The van der Waals surface area contributed by atoms with Crippen molar-refractivity contribution < 1.29 is 27.1 Å². The van der Waals surface area contributed by atoms with Crippen molar-refractivity contribution in [2.45, 2.75) is 39.8 Å². The molecule has 0 heterocycles. The topological polar surface area (TPSA) is 116 Å². The lowest BCUT2D eigenvalue weighted by molar-refractivity contribution is -0.384. The van der Waals surface area contributed by atoms with Gasteiger partial charge in [0.25, 0.3) is 5.69 Å². The maximum atomic E-state index is 13.0. The molecule has 9 nitrogen and oxygen atoms in total. The number of hydrogen-bond donors (Lipinski definition) is 0. The molecule has 2 aromatic carbocycles. The van der Waals surface area contributed by atoms with Gasteiger partial charge < -0.3 is 13.8 Å². The zero-order valence-electron chi connectivity index (χ0n) is 19.1. The molecule has 0 aliphatic carbocycles. The molecule has 0 spiro atoms. The highest BCUT2D eigenvalue weighted by molar-refractivity contribution is 7.87. The van der Waals surface area contributed by atoms with Crippen LogP contribution in [0, 0.1) is 10.1 Å². The second kappa shape index (κ2) is 11.5. The van der Waals surface area contributed by atoms with Gasteiger partial charge in [-0.3, -0.25) is 14.9 Å². The van der Waals surface area contributed by atoms with Crippen molar-refractivity contribution >= 4 is 27.8 Å². The Bertz CT molecular complexity index is 1110. The molecule has 1 amide bonds. The number of nitro groups is 1. The number of methoxy groups -OCH3 is 1. The molecule has 0 fully saturated rings. The van der Waals surface area contributed by atoms with Crippen molar-refractivity contribution in [2.75, 3.05) is 12.9 Å². The third-order valence-corrected chi connectivity index (χ3v) is 6.22. The van der Waals surface area contributed by atoms with E-state index in [1.165, 1.54) is 32.2 Å². The summed E-state index contributed by atoms with van der Waals surface area (Å²) in [6, 6.07) is 10.7. The van der Waals surface area contributed by atoms with Gasteiger partial charge in [0, 0.05) is 30.8 Å². The summed E-state index contributed by atoms with van der Waals surface area (Å²) in [5.74, 6) is -0.0991. The Hall–Kier alpha value is -3.40. The van der Waals surface area contributed by atoms with E-state index in [-0.39, 0.29) is 41.4 Å². The van der Waals surface area contributed by atoms with Crippen LogP contribution in [0.25, 0.3) is 6.08 Å². The Balaban J connectivity index is 2.26. The Kier molecular flexibility index (Phi) is 8.98. The van der Waals surface area contributed by atoms with Crippen LogP contribution in [0.15, 0.2) is 48.5 Å². The first-order valence-corrected chi connectivity index (χ1v) is 12.0. The van der Waals surface area contributed by atoms with E-state index in [1.54, 1.807) is 41.3 Å². The average molecular weight is 477 g/mol. The van der Waals surface area contributed by atoms with Crippen molar-refractivity contribution in [2.24, 2.45) is 0 Å². The molecule has 0 N–H and O–H groups in total. The monoisotopic (exact) mass is 476 g/mol. The Labute approximate surface area is 193 Å². The summed E-state index contributed by atoms with van der Waals surface area (Å²) in [5, 5.41) is 10.8. The molecule has 2 rings (SSSR count). The number of carbonyl (C=O) groups excluding carboxylic acids is 1. The predicted octanol–water partition coefficient (Wildman–Crippen LogP) is 4.17. The number of carbonyl (C=O) groups is 1. The highest BCUT2D eigenvalue weighted by Crippen LogP contribution is 2.30. The van der Waals surface area contributed by atoms with E-state index in [2.05, 4.69) is 0 Å². The van der Waals surface area contributed by atoms with Gasteiger partial charge in [-0.2, -0.15) is 8.42 Å². The van der Waals surface area contributed by atoms with Crippen molar-refractivity contribution in [3.63, 3.8) is 0 Å². The van der Waals surface area contributed by atoms with Crippen LogP contribution in [0.4, 0.5) is 5.69 Å². The SMILES string of the molecule is CCC(C)N(Cc1ccc(OC)c(OS(=O)(=O)CC)c1)C(=O)C=Cc1ccc([N+](=O)[O-])cc1. The van der Waals surface area contributed by atoms with Crippen molar-refractivity contribution in [3.8, 4) is 11.5 Å². The minimum absolute atomic E-state index is 0.0256. The maximum Gasteiger partial charge on any atom is 0.309 e. The number of nitrogens with zero attached hydrogens (tertiary/aromatic N) is 2. The lowest BCUT2D eigenvalue weighted by Gasteiger charge is -2.28. The molecule has 1 unspecified atom stereocenters. The molecule has 10 heteroatoms. The highest BCUT2D eigenvalue weighted by Gasteiger charge is 2.20. The molecule has 178 valence electrons. The quantitative estimate of drug-likeness (QED) is 0.207. The molecule has 1 atom stereocenters. The summed E-state index contributed by atoms with van der Waals surface area (Å²) >= 11 is 0. The minimum Gasteiger partial charge on any atom is -0.493 e. The van der Waals surface area contributed by atoms with E-state index < -0.39 is 15.0 Å². The van der Waals surface area contributed by atoms with Crippen LogP contribution in [-0.4, -0.2) is 43.1 Å². The van der Waals surface area contributed by atoms with E-state index in [0.717, 1.165) is 0 Å². The predicted molar refractivity (Wildman–Crippen MR) is 126 cm³/mol. The second-order valence-corrected chi connectivity index (χ2v) is 9.18. The Morgan fingerprint density at radius 3 is 2.36 bits per heavy atom. The van der Waals surface area contributed by atoms with Gasteiger partial charge in [-0.25, -0.2) is 0 Å². The van der Waals surface area contributed by atoms with Crippen LogP contribution < -0.4 is 8.92 Å². The molecule has 33 heavy (non-hydrogen) atoms. The van der Waals surface area contributed by atoms with Crippen LogP contribution in [-0.2, 0) is 21.5 Å². The van der Waals surface area contributed by atoms with Crippen molar-refractivity contribution in [1.29, 1.82) is 0 Å². The average Bonchev–Trinajstić information content (AvgIpc) is 2.80. The Morgan fingerprint density at radius 2 is 1.82 bits per heavy atom. The summed E-state index contributed by atoms with van der Waals surface area (Å²) in [6.07, 6.45) is 3.72. The number of amides is 1. The first-order chi connectivity index (χ1) is 15.6. The van der Waals surface area contributed by atoms with Gasteiger partial charge in [0.05, 0.1) is 17.8 Å². The maximum absolute atomic E-state index is 13.0. The van der Waals surface area contributed by atoms with Gasteiger partial charge in [0.1, 0.15) is 0 Å². The first-order valence-electron chi connectivity index (χ1n) is 10.4. The number of hydrogen-bond acceptors (Lipinski definition) is 7. The zero-order chi connectivity index (χ0) is 24.6. The summed E-state index contributed by atoms with van der Waals surface area (Å²) in [4.78, 5) is 24.9. The fourth-order valence-corrected chi connectivity index (χ4v) is 3.44. The van der Waals surface area contributed by atoms with Crippen LogP contribution in [0.1, 0.15) is 38.3 Å². The fourth-order valence-electron chi connectivity index (χ4n) is 2.92. The van der Waals surface area contributed by atoms with Crippen LogP contribution in [0.5, 0.6) is 11.5 Å². The summed E-state index contributed by atoms with van der Waals surface area (Å²) < 4.78 is 34.2. The number of benzene rings is 2. The minimum atomic E-state index is -3.75. The van der Waals surface area contributed by atoms with E-state index in [1.807, 2.05) is 13.8 Å². The molecule has 0 saturated heterocycles. The van der Waals surface area contributed by atoms with E-state index in [9.17, 15) is 23.3 Å². The Morgan fingerprint density at radius 1 is 1.15 bits per heavy atom. The zero-order valence-corrected chi connectivity index (χ0v) is 19.9. The molecule has 0 saturated carbocycles. The largest absolute Gasteiger partial charge is 0.493 e. The first kappa shape index (κ1) is 25.9. The lowest BCUT2D eigenvalue weighted by Crippen LogP contribution is -2.36. The molecule has 0 aliphatic heterocycles. The summed E-state index contributed by atoms with van der Waals surface area (Å²) in [5.41, 5.74) is 1.31. The third kappa shape index (κ3) is 7.31. The van der Waals surface area contributed by atoms with Gasteiger partial charge in [-0.1, -0.05) is 13.0 Å². The van der Waals surface area contributed by atoms with Crippen molar-refractivity contribution in [1.82, 2.24) is 4.90 Å². The number of rotatable bonds is 11. The van der Waals surface area contributed by atoms with Crippen LogP contribution in [0.3, 0.4) is 0 Å². The van der Waals surface area contributed by atoms with Gasteiger partial charge in [0.2, 0.25) is 5.91 Å². The van der Waals surface area contributed by atoms with Gasteiger partial charge in [-0.15, -0.1) is 0 Å². The van der Waals surface area contributed by atoms with Gasteiger partial charge in [-0.05, 0) is 61.7 Å². The smallest absolute Gasteiger partial charge is 0.309 e. The summed E-state index contributed by atoms with van der Waals surface area (Å²) in [6.45, 7) is 5.58. The third-order valence-electron chi connectivity index (χ3n) is 5.08. The van der Waals surface area contributed by atoms with Crippen molar-refractivity contribution in [3.05, 3.63) is 69.8 Å². The normalized spacial score (nSPS) is 12.4. The van der Waals surface area contributed by atoms with E-state index in [4.69, 9.17) is 8.92 Å². The lowest BCUT2D eigenvalue weighted by atomic mass is 10.1. The number of ether oxygens (including phenoxy) is 1. The molecule has 2 aromatic rings. The van der Waals surface area contributed by atoms with E-state index >= 15 is 0 Å². The number of nitro benzene ring substituents is 1. The molecule has 0 radical (unpaired) electrons. The molecule has 0 aromatic heterocycles. The van der Waals surface area contributed by atoms with Crippen LogP contribution in [0.2, 0.25) is 0 Å². The molecule has 0 aliphatic rings. The second-order valence-electron chi connectivity index (χ2n) is 7.32. The highest BCUT2D eigenvalue weighted by atomic mass is 32.2.